The second kappa shape index (κ2) is 8.40. The van der Waals surface area contributed by atoms with Crippen LogP contribution in [-0.2, 0) is 16.2 Å². The van der Waals surface area contributed by atoms with E-state index in [2.05, 4.69) is 55.4 Å². The van der Waals surface area contributed by atoms with Gasteiger partial charge < -0.3 is 8.83 Å². The number of hydrogen-bond acceptors (Lipinski definition) is 6. The highest BCUT2D eigenvalue weighted by atomic mass is 16.4. The van der Waals surface area contributed by atoms with E-state index >= 15 is 0 Å². The number of benzene rings is 2. The van der Waals surface area contributed by atoms with Crippen LogP contribution in [0.25, 0.3) is 33.6 Å². The van der Waals surface area contributed by atoms with E-state index in [0.717, 1.165) is 50.9 Å². The molecule has 8 heteroatoms. The highest BCUT2D eigenvalue weighted by Gasteiger charge is 2.30. The van der Waals surface area contributed by atoms with Crippen molar-refractivity contribution in [3.63, 3.8) is 0 Å². The zero-order valence-electron chi connectivity index (χ0n) is 23.8. The maximum absolute atomic E-state index is 6.20. The average molecular weight is 523 g/mol. The van der Waals surface area contributed by atoms with Gasteiger partial charge in [-0.25, -0.2) is 19.3 Å². The molecule has 0 bridgehead atoms. The summed E-state index contributed by atoms with van der Waals surface area (Å²) in [7, 11) is 0. The van der Waals surface area contributed by atoms with Crippen molar-refractivity contribution < 1.29 is 8.83 Å². The van der Waals surface area contributed by atoms with Gasteiger partial charge in [0.1, 0.15) is 16.7 Å². The second-order valence-corrected chi connectivity index (χ2v) is 12.7. The fourth-order valence-corrected chi connectivity index (χ4v) is 4.54. The van der Waals surface area contributed by atoms with E-state index in [1.54, 1.807) is 0 Å². The number of hydrogen-bond donors (Lipinski definition) is 0. The molecule has 8 nitrogen and oxygen atoms in total. The number of nitrogens with zero attached hydrogens (tertiary/aromatic N) is 6. The molecule has 4 aromatic heterocycles. The van der Waals surface area contributed by atoms with Crippen molar-refractivity contribution in [2.75, 3.05) is 0 Å². The molecule has 39 heavy (non-hydrogen) atoms. The Kier molecular flexibility index (Phi) is 5.40. The zero-order chi connectivity index (χ0) is 27.7. The Hall–Kier alpha value is -4.20. The molecule has 0 amide bonds. The van der Waals surface area contributed by atoms with Crippen molar-refractivity contribution in [2.24, 2.45) is 0 Å². The molecule has 4 heterocycles. The summed E-state index contributed by atoms with van der Waals surface area (Å²) in [5.41, 5.74) is 6.00. The van der Waals surface area contributed by atoms with Gasteiger partial charge in [-0.1, -0.05) is 47.6 Å². The van der Waals surface area contributed by atoms with Crippen molar-refractivity contribution in [2.45, 2.75) is 71.6 Å². The molecular formula is C31H34N6O2. The number of rotatable bonds is 4. The van der Waals surface area contributed by atoms with E-state index in [0.29, 0.717) is 5.89 Å². The predicted octanol–water partition coefficient (Wildman–Crippen LogP) is 7.26. The zero-order valence-corrected chi connectivity index (χ0v) is 23.8. The molecular weight excluding hydrogens is 488 g/mol. The monoisotopic (exact) mass is 522 g/mol. The van der Waals surface area contributed by atoms with Crippen LogP contribution >= 0.6 is 0 Å². The van der Waals surface area contributed by atoms with Gasteiger partial charge in [0.2, 0.25) is 11.8 Å². The van der Waals surface area contributed by atoms with Gasteiger partial charge >= 0.3 is 0 Å². The van der Waals surface area contributed by atoms with Crippen LogP contribution in [0.5, 0.6) is 0 Å². The smallest absolute Gasteiger partial charge is 0.200 e. The van der Waals surface area contributed by atoms with E-state index in [9.17, 15) is 0 Å². The summed E-state index contributed by atoms with van der Waals surface area (Å²) in [5, 5.41) is 9.89. The fraction of sp³-hybridized carbons (Fsp3) is 0.355. The van der Waals surface area contributed by atoms with E-state index in [1.807, 2.05) is 70.3 Å². The van der Waals surface area contributed by atoms with Crippen LogP contribution in [0, 0.1) is 0 Å². The van der Waals surface area contributed by atoms with Crippen LogP contribution in [-0.4, -0.2) is 29.5 Å². The van der Waals surface area contributed by atoms with E-state index < -0.39 is 5.41 Å². The molecule has 0 fully saturated rings. The standard InChI is InChI=1S/C31H34N6O2/c1-29(2,3)27-33-21-18-19(12-13-23(21)38-27)36-16-14-24(34-36)31(7,8)25-15-17-37(35-25)22-11-9-10-20-26(22)39-28(32-20)30(4,5)6/h9-18H,1-8H3. The lowest BCUT2D eigenvalue weighted by Crippen LogP contribution is -2.21. The lowest BCUT2D eigenvalue weighted by Gasteiger charge is -2.19. The van der Waals surface area contributed by atoms with Crippen molar-refractivity contribution in [1.29, 1.82) is 0 Å². The summed E-state index contributed by atoms with van der Waals surface area (Å²) >= 11 is 0. The fourth-order valence-electron chi connectivity index (χ4n) is 4.54. The minimum atomic E-state index is -0.431. The van der Waals surface area contributed by atoms with Crippen molar-refractivity contribution in [3.8, 4) is 11.4 Å². The molecule has 0 atom stereocenters. The van der Waals surface area contributed by atoms with Gasteiger partial charge in [0.15, 0.2) is 11.2 Å². The van der Waals surface area contributed by atoms with Crippen molar-refractivity contribution >= 4 is 22.2 Å². The summed E-state index contributed by atoms with van der Waals surface area (Å²) < 4.78 is 15.9. The quantitative estimate of drug-likeness (QED) is 0.242. The number of oxazole rings is 2. The number of aromatic nitrogens is 6. The largest absolute Gasteiger partial charge is 0.440 e. The first-order chi connectivity index (χ1) is 18.3. The van der Waals surface area contributed by atoms with Crippen LogP contribution in [0.2, 0.25) is 0 Å². The van der Waals surface area contributed by atoms with Crippen LogP contribution < -0.4 is 0 Å². The Bertz CT molecular complexity index is 1820. The predicted molar refractivity (Wildman–Crippen MR) is 152 cm³/mol. The average Bonchev–Trinajstić information content (AvgIpc) is 3.65. The number of fused-ring (bicyclic) bond motifs is 2. The van der Waals surface area contributed by atoms with Gasteiger partial charge in [-0.05, 0) is 56.3 Å². The minimum absolute atomic E-state index is 0.153. The summed E-state index contributed by atoms with van der Waals surface area (Å²) in [5.74, 6) is 1.44. The maximum Gasteiger partial charge on any atom is 0.200 e. The van der Waals surface area contributed by atoms with E-state index in [4.69, 9.17) is 29.0 Å². The Morgan fingerprint density at radius 2 is 1.26 bits per heavy atom. The topological polar surface area (TPSA) is 87.7 Å². The molecule has 0 saturated carbocycles. The minimum Gasteiger partial charge on any atom is -0.440 e. The molecule has 200 valence electrons. The molecule has 0 radical (unpaired) electrons. The first-order valence-electron chi connectivity index (χ1n) is 13.2. The van der Waals surface area contributed by atoms with Crippen LogP contribution in [0.3, 0.4) is 0 Å². The highest BCUT2D eigenvalue weighted by Crippen LogP contribution is 2.33. The lowest BCUT2D eigenvalue weighted by molar-refractivity contribution is 0.410. The first kappa shape index (κ1) is 25.1. The molecule has 0 N–H and O–H groups in total. The summed E-state index contributed by atoms with van der Waals surface area (Å²) in [6.45, 7) is 16.8. The second-order valence-electron chi connectivity index (χ2n) is 12.7. The summed E-state index contributed by atoms with van der Waals surface area (Å²) in [6.07, 6.45) is 3.94. The summed E-state index contributed by atoms with van der Waals surface area (Å²) in [6, 6.07) is 16.0. The van der Waals surface area contributed by atoms with Gasteiger partial charge in [-0.15, -0.1) is 0 Å². The molecule has 6 aromatic rings. The molecule has 0 unspecified atom stereocenters. The molecule has 0 saturated heterocycles. The Morgan fingerprint density at radius 1 is 0.641 bits per heavy atom. The molecule has 2 aromatic carbocycles. The third-order valence-corrected chi connectivity index (χ3v) is 7.02. The molecule has 6 rings (SSSR count). The highest BCUT2D eigenvalue weighted by molar-refractivity contribution is 5.81. The summed E-state index contributed by atoms with van der Waals surface area (Å²) in [4.78, 5) is 9.41. The van der Waals surface area contributed by atoms with Crippen molar-refractivity contribution in [3.05, 3.63) is 84.1 Å². The number of para-hydroxylation sites is 1. The van der Waals surface area contributed by atoms with Crippen LogP contribution in [0.1, 0.15) is 78.6 Å². The maximum atomic E-state index is 6.20. The third kappa shape index (κ3) is 4.33. The van der Waals surface area contributed by atoms with E-state index in [1.165, 1.54) is 0 Å². The van der Waals surface area contributed by atoms with Crippen LogP contribution in [0.15, 0.2) is 69.8 Å². The molecule has 0 aliphatic carbocycles. The molecule has 0 spiro atoms. The normalized spacial score (nSPS) is 13.1. The lowest BCUT2D eigenvalue weighted by atomic mass is 9.86. The first-order valence-corrected chi connectivity index (χ1v) is 13.2. The van der Waals surface area contributed by atoms with Crippen LogP contribution in [0.4, 0.5) is 0 Å². The van der Waals surface area contributed by atoms with Crippen molar-refractivity contribution in [1.82, 2.24) is 29.5 Å². The Labute approximate surface area is 227 Å². The Morgan fingerprint density at radius 3 is 1.95 bits per heavy atom. The van der Waals surface area contributed by atoms with Gasteiger partial charge in [-0.2, -0.15) is 10.2 Å². The van der Waals surface area contributed by atoms with Gasteiger partial charge in [0.05, 0.1) is 22.5 Å². The molecule has 0 aliphatic rings. The van der Waals surface area contributed by atoms with Gasteiger partial charge in [0.25, 0.3) is 0 Å². The Balaban J connectivity index is 1.32. The van der Waals surface area contributed by atoms with Gasteiger partial charge in [-0.3, -0.25) is 0 Å². The molecule has 0 aliphatic heterocycles. The SMILES string of the molecule is CC(C)(C)c1nc2cc(-n3ccc(C(C)(C)c4ccn(-c5cccc6nc(C(C)(C)C)oc56)n4)n3)ccc2o1. The van der Waals surface area contributed by atoms with E-state index in [-0.39, 0.29) is 10.8 Å². The van der Waals surface area contributed by atoms with Gasteiger partial charge in [0, 0.05) is 23.2 Å². The third-order valence-electron chi connectivity index (χ3n) is 7.02.